The topological polar surface area (TPSA) is 96.2 Å². The summed E-state index contributed by atoms with van der Waals surface area (Å²) in [7, 11) is 3.95. The van der Waals surface area contributed by atoms with Crippen LogP contribution in [-0.2, 0) is 6.54 Å². The first-order valence-corrected chi connectivity index (χ1v) is 8.03. The van der Waals surface area contributed by atoms with Gasteiger partial charge in [-0.1, -0.05) is 37.3 Å². The van der Waals surface area contributed by atoms with Gasteiger partial charge in [-0.3, -0.25) is 14.3 Å². The van der Waals surface area contributed by atoms with Crippen LogP contribution in [0.3, 0.4) is 0 Å². The van der Waals surface area contributed by atoms with Crippen molar-refractivity contribution in [2.45, 2.75) is 25.9 Å². The van der Waals surface area contributed by atoms with E-state index in [9.17, 15) is 9.59 Å². The second-order valence-electron chi connectivity index (χ2n) is 5.94. The van der Waals surface area contributed by atoms with Crippen molar-refractivity contribution in [1.29, 1.82) is 0 Å². The average molecular weight is 331 g/mol. The van der Waals surface area contributed by atoms with Crippen molar-refractivity contribution in [3.05, 3.63) is 56.7 Å². The molecular formula is C17H25N5O2. The van der Waals surface area contributed by atoms with Crippen LogP contribution in [0.2, 0.25) is 0 Å². The van der Waals surface area contributed by atoms with Gasteiger partial charge in [0.2, 0.25) is 0 Å². The molecule has 7 heteroatoms. The molecule has 1 aromatic heterocycles. The summed E-state index contributed by atoms with van der Waals surface area (Å²) >= 11 is 0. The highest BCUT2D eigenvalue weighted by Crippen LogP contribution is 2.19. The smallest absolute Gasteiger partial charge is 0.330 e. The van der Waals surface area contributed by atoms with Crippen molar-refractivity contribution in [3.63, 3.8) is 0 Å². The molecule has 24 heavy (non-hydrogen) atoms. The summed E-state index contributed by atoms with van der Waals surface area (Å²) in [6.45, 7) is 2.90. The molecule has 0 amide bonds. The maximum absolute atomic E-state index is 12.1. The SMILES string of the molecule is CCCn1c(N)c(NCC(c2ccccc2)N(C)C)c(=O)[nH]c1=O. The minimum atomic E-state index is -0.490. The molecule has 0 aliphatic heterocycles. The number of aromatic amines is 1. The third kappa shape index (κ3) is 3.86. The molecule has 2 rings (SSSR count). The van der Waals surface area contributed by atoms with E-state index in [4.69, 9.17) is 5.73 Å². The van der Waals surface area contributed by atoms with Crippen LogP contribution >= 0.6 is 0 Å². The van der Waals surface area contributed by atoms with Gasteiger partial charge >= 0.3 is 5.69 Å². The maximum atomic E-state index is 12.1. The van der Waals surface area contributed by atoms with Gasteiger partial charge in [-0.15, -0.1) is 0 Å². The zero-order valence-electron chi connectivity index (χ0n) is 14.4. The van der Waals surface area contributed by atoms with Crippen molar-refractivity contribution in [2.24, 2.45) is 0 Å². The van der Waals surface area contributed by atoms with Crippen molar-refractivity contribution in [3.8, 4) is 0 Å². The van der Waals surface area contributed by atoms with Crippen molar-refractivity contribution >= 4 is 11.5 Å². The van der Waals surface area contributed by atoms with Gasteiger partial charge in [0.25, 0.3) is 5.56 Å². The zero-order chi connectivity index (χ0) is 17.7. The monoisotopic (exact) mass is 331 g/mol. The first-order valence-electron chi connectivity index (χ1n) is 8.03. The van der Waals surface area contributed by atoms with Crippen LogP contribution in [0.5, 0.6) is 0 Å². The van der Waals surface area contributed by atoms with Crippen LogP contribution in [0.25, 0.3) is 0 Å². The molecule has 0 saturated carbocycles. The lowest BCUT2D eigenvalue weighted by molar-refractivity contribution is 0.312. The number of rotatable bonds is 7. The van der Waals surface area contributed by atoms with Crippen LogP contribution in [0.15, 0.2) is 39.9 Å². The highest BCUT2D eigenvalue weighted by molar-refractivity contribution is 5.60. The quantitative estimate of drug-likeness (QED) is 0.709. The molecule has 130 valence electrons. The molecule has 4 N–H and O–H groups in total. The van der Waals surface area contributed by atoms with Crippen molar-refractivity contribution in [2.75, 3.05) is 31.7 Å². The first-order chi connectivity index (χ1) is 11.5. The predicted molar refractivity (Wildman–Crippen MR) is 97.4 cm³/mol. The predicted octanol–water partition coefficient (Wildman–Crippen LogP) is 1.24. The lowest BCUT2D eigenvalue weighted by Gasteiger charge is -2.26. The Hall–Kier alpha value is -2.54. The van der Waals surface area contributed by atoms with E-state index in [1.807, 2.05) is 51.4 Å². The van der Waals surface area contributed by atoms with Crippen LogP contribution < -0.4 is 22.3 Å². The Morgan fingerprint density at radius 2 is 1.92 bits per heavy atom. The Morgan fingerprint density at radius 3 is 2.50 bits per heavy atom. The van der Waals surface area contributed by atoms with Crippen molar-refractivity contribution < 1.29 is 0 Å². The van der Waals surface area contributed by atoms with E-state index in [0.29, 0.717) is 13.1 Å². The molecule has 0 spiro atoms. The molecule has 0 bridgehead atoms. The number of nitrogens with two attached hydrogens (primary N) is 1. The lowest BCUT2D eigenvalue weighted by atomic mass is 10.1. The number of hydrogen-bond acceptors (Lipinski definition) is 5. The summed E-state index contributed by atoms with van der Waals surface area (Å²) in [6, 6.07) is 10.1. The molecule has 0 aliphatic rings. The van der Waals surface area contributed by atoms with Gasteiger partial charge in [-0.25, -0.2) is 4.79 Å². The second kappa shape index (κ2) is 7.83. The van der Waals surface area contributed by atoms with Crippen LogP contribution in [0.1, 0.15) is 24.9 Å². The van der Waals surface area contributed by atoms with E-state index in [2.05, 4.69) is 15.2 Å². The van der Waals surface area contributed by atoms with E-state index in [1.54, 1.807) is 0 Å². The highest BCUT2D eigenvalue weighted by Gasteiger charge is 2.17. The van der Waals surface area contributed by atoms with E-state index in [1.165, 1.54) is 4.57 Å². The summed E-state index contributed by atoms with van der Waals surface area (Å²) in [5.74, 6) is 0.177. The zero-order valence-corrected chi connectivity index (χ0v) is 14.4. The third-order valence-electron chi connectivity index (χ3n) is 3.97. The Kier molecular flexibility index (Phi) is 5.81. The number of anilines is 2. The van der Waals surface area contributed by atoms with Crippen LogP contribution in [-0.4, -0.2) is 35.1 Å². The molecule has 0 fully saturated rings. The molecule has 7 nitrogen and oxygen atoms in total. The fraction of sp³-hybridized carbons (Fsp3) is 0.412. The lowest BCUT2D eigenvalue weighted by Crippen LogP contribution is -2.35. The summed E-state index contributed by atoms with van der Waals surface area (Å²) < 4.78 is 1.39. The van der Waals surface area contributed by atoms with Gasteiger partial charge in [0.05, 0.1) is 6.04 Å². The van der Waals surface area contributed by atoms with Gasteiger partial charge in [-0.2, -0.15) is 0 Å². The largest absolute Gasteiger partial charge is 0.383 e. The number of aromatic nitrogens is 2. The number of nitrogens with one attached hydrogen (secondary N) is 2. The van der Waals surface area contributed by atoms with E-state index >= 15 is 0 Å². The summed E-state index contributed by atoms with van der Waals surface area (Å²) in [5.41, 5.74) is 6.45. The van der Waals surface area contributed by atoms with E-state index in [0.717, 1.165) is 12.0 Å². The van der Waals surface area contributed by atoms with Gasteiger partial charge < -0.3 is 16.0 Å². The molecule has 1 unspecified atom stereocenters. The molecular weight excluding hydrogens is 306 g/mol. The summed E-state index contributed by atoms with van der Waals surface area (Å²) in [5, 5.41) is 3.12. The highest BCUT2D eigenvalue weighted by atomic mass is 16.2. The minimum absolute atomic E-state index is 0.0663. The fourth-order valence-corrected chi connectivity index (χ4v) is 2.68. The molecule has 0 radical (unpaired) electrons. The summed E-state index contributed by atoms with van der Waals surface area (Å²) in [6.07, 6.45) is 0.750. The molecule has 0 saturated heterocycles. The number of H-pyrrole nitrogens is 1. The Morgan fingerprint density at radius 1 is 1.25 bits per heavy atom. The molecule has 1 aromatic carbocycles. The fourth-order valence-electron chi connectivity index (χ4n) is 2.68. The van der Waals surface area contributed by atoms with Gasteiger partial charge in [0.1, 0.15) is 11.5 Å². The molecule has 2 aromatic rings. The molecule has 1 atom stereocenters. The van der Waals surface area contributed by atoms with Crippen molar-refractivity contribution in [1.82, 2.24) is 14.5 Å². The van der Waals surface area contributed by atoms with Crippen LogP contribution in [0.4, 0.5) is 11.5 Å². The number of benzene rings is 1. The summed E-state index contributed by atoms with van der Waals surface area (Å²) in [4.78, 5) is 28.4. The number of hydrogen-bond donors (Lipinski definition) is 3. The average Bonchev–Trinajstić information content (AvgIpc) is 2.55. The molecule has 1 heterocycles. The second-order valence-corrected chi connectivity index (χ2v) is 5.94. The van der Waals surface area contributed by atoms with Crippen LogP contribution in [0, 0.1) is 0 Å². The Bertz CT molecular complexity index is 780. The third-order valence-corrected chi connectivity index (χ3v) is 3.97. The number of likely N-dealkylation sites (N-methyl/N-ethyl adjacent to an activating group) is 1. The van der Waals surface area contributed by atoms with E-state index < -0.39 is 11.2 Å². The first kappa shape index (κ1) is 17.8. The standard InChI is InChI=1S/C17H25N5O2/c1-4-10-22-15(18)14(16(23)20-17(22)24)19-11-13(21(2)3)12-8-6-5-7-9-12/h5-9,13,19H,4,10-11,18H2,1-3H3,(H,20,23,24). The number of nitrogen functional groups attached to an aromatic ring is 1. The van der Waals surface area contributed by atoms with Gasteiger partial charge in [0, 0.05) is 13.1 Å². The maximum Gasteiger partial charge on any atom is 0.330 e. The Balaban J connectivity index is 2.29. The van der Waals surface area contributed by atoms with E-state index in [-0.39, 0.29) is 17.5 Å². The van der Waals surface area contributed by atoms with Gasteiger partial charge in [-0.05, 0) is 26.1 Å². The van der Waals surface area contributed by atoms with Gasteiger partial charge in [0.15, 0.2) is 0 Å². The normalized spacial score (nSPS) is 12.3. The minimum Gasteiger partial charge on any atom is -0.383 e. The molecule has 0 aliphatic carbocycles. The Labute approximate surface area is 141 Å². The number of nitrogens with zero attached hydrogens (tertiary/aromatic N) is 2.